The first kappa shape index (κ1) is 18.0. The second-order valence-corrected chi connectivity index (χ2v) is 7.86. The van der Waals surface area contributed by atoms with E-state index < -0.39 is 0 Å². The molecule has 0 bridgehead atoms. The van der Waals surface area contributed by atoms with Crippen molar-refractivity contribution in [2.24, 2.45) is 5.92 Å². The molecule has 1 unspecified atom stereocenters. The molecule has 0 spiro atoms. The van der Waals surface area contributed by atoms with Crippen LogP contribution < -0.4 is 0 Å². The second kappa shape index (κ2) is 8.08. The van der Waals surface area contributed by atoms with Gasteiger partial charge in [0.25, 0.3) is 0 Å². The third kappa shape index (κ3) is 4.26. The number of carbonyl (C=O) groups excluding carboxylic acids is 2. The fourth-order valence-corrected chi connectivity index (χ4v) is 4.20. The molecule has 3 heterocycles. The molecule has 6 nitrogen and oxygen atoms in total. The molecule has 2 aliphatic heterocycles. The van der Waals surface area contributed by atoms with E-state index >= 15 is 0 Å². The van der Waals surface area contributed by atoms with Crippen molar-refractivity contribution in [1.82, 2.24) is 14.8 Å². The Hall–Kier alpha value is -1.76. The smallest absolute Gasteiger partial charge is 0.410 e. The maximum Gasteiger partial charge on any atom is 0.410 e. The van der Waals surface area contributed by atoms with Crippen LogP contribution in [0.2, 0.25) is 0 Å². The third-order valence-electron chi connectivity index (χ3n) is 4.91. The van der Waals surface area contributed by atoms with Crippen LogP contribution in [0, 0.1) is 5.92 Å². The van der Waals surface area contributed by atoms with Crippen LogP contribution in [0.1, 0.15) is 26.7 Å². The Kier molecular flexibility index (Phi) is 5.83. The average molecular weight is 363 g/mol. The van der Waals surface area contributed by atoms with Crippen molar-refractivity contribution in [1.29, 1.82) is 0 Å². The van der Waals surface area contributed by atoms with Crippen LogP contribution in [0.15, 0.2) is 29.4 Å². The monoisotopic (exact) mass is 363 g/mol. The van der Waals surface area contributed by atoms with E-state index in [0.717, 1.165) is 17.9 Å². The predicted molar refractivity (Wildman–Crippen MR) is 96.4 cm³/mol. The average Bonchev–Trinajstić information content (AvgIpc) is 3.02. The number of pyridine rings is 1. The zero-order valence-electron chi connectivity index (χ0n) is 14.8. The van der Waals surface area contributed by atoms with Crippen LogP contribution >= 0.6 is 11.8 Å². The lowest BCUT2D eigenvalue weighted by Crippen LogP contribution is -2.51. The molecule has 2 aliphatic rings. The van der Waals surface area contributed by atoms with Gasteiger partial charge >= 0.3 is 6.09 Å². The molecule has 1 aromatic heterocycles. The van der Waals surface area contributed by atoms with Crippen molar-refractivity contribution in [3.8, 4) is 0 Å². The number of amides is 2. The van der Waals surface area contributed by atoms with Crippen molar-refractivity contribution < 1.29 is 14.3 Å². The molecule has 0 N–H and O–H groups in total. The number of hydrogen-bond acceptors (Lipinski definition) is 5. The summed E-state index contributed by atoms with van der Waals surface area (Å²) in [6.45, 7) is 6.11. The molecule has 2 fully saturated rings. The second-order valence-electron chi connectivity index (χ2n) is 6.86. The van der Waals surface area contributed by atoms with Gasteiger partial charge in [-0.25, -0.2) is 9.78 Å². The molecule has 136 valence electrons. The van der Waals surface area contributed by atoms with E-state index in [-0.39, 0.29) is 24.1 Å². The summed E-state index contributed by atoms with van der Waals surface area (Å²) >= 11 is 1.47. The van der Waals surface area contributed by atoms with Gasteiger partial charge in [-0.3, -0.25) is 9.69 Å². The molecule has 0 saturated carbocycles. The van der Waals surface area contributed by atoms with E-state index in [1.807, 2.05) is 28.0 Å². The van der Waals surface area contributed by atoms with Gasteiger partial charge < -0.3 is 9.64 Å². The summed E-state index contributed by atoms with van der Waals surface area (Å²) in [5, 5.41) is 0.866. The molecule has 7 heteroatoms. The molecule has 25 heavy (non-hydrogen) atoms. The van der Waals surface area contributed by atoms with Crippen LogP contribution in [0.3, 0.4) is 0 Å². The van der Waals surface area contributed by atoms with Crippen molar-refractivity contribution in [3.63, 3.8) is 0 Å². The highest BCUT2D eigenvalue weighted by Crippen LogP contribution is 2.27. The van der Waals surface area contributed by atoms with Gasteiger partial charge in [-0.15, -0.1) is 0 Å². The van der Waals surface area contributed by atoms with E-state index in [9.17, 15) is 9.59 Å². The van der Waals surface area contributed by atoms with Gasteiger partial charge in [-0.1, -0.05) is 31.7 Å². The minimum Gasteiger partial charge on any atom is -0.447 e. The lowest BCUT2D eigenvalue weighted by Gasteiger charge is -2.38. The number of rotatable bonds is 5. The molecule has 1 aromatic rings. The highest BCUT2D eigenvalue weighted by atomic mass is 32.2. The minimum absolute atomic E-state index is 0.138. The fraction of sp³-hybridized carbons (Fsp3) is 0.611. The van der Waals surface area contributed by atoms with Crippen LogP contribution in [-0.4, -0.2) is 64.3 Å². The highest BCUT2D eigenvalue weighted by molar-refractivity contribution is 7.99. The van der Waals surface area contributed by atoms with E-state index in [0.29, 0.717) is 31.4 Å². The van der Waals surface area contributed by atoms with Crippen molar-refractivity contribution >= 4 is 23.8 Å². The Bertz CT molecular complexity index is 603. The standard InChI is InChI=1S/C18H25N3O3S/c1-13(2)15-11-24-18(23)21(15)14-6-9-20(10-7-14)17(22)12-25-16-5-3-4-8-19-16/h3-5,8,13-15H,6-7,9-12H2,1-2H3. The first-order valence-corrected chi connectivity index (χ1v) is 9.81. The molecule has 0 radical (unpaired) electrons. The van der Waals surface area contributed by atoms with Crippen LogP contribution in [0.5, 0.6) is 0 Å². The molecular formula is C18H25N3O3S. The molecular weight excluding hydrogens is 338 g/mol. The van der Waals surface area contributed by atoms with E-state index in [1.165, 1.54) is 11.8 Å². The first-order valence-electron chi connectivity index (χ1n) is 8.83. The number of nitrogens with zero attached hydrogens (tertiary/aromatic N) is 3. The van der Waals surface area contributed by atoms with Crippen LogP contribution in [0.4, 0.5) is 4.79 Å². The number of ether oxygens (including phenoxy) is 1. The van der Waals surface area contributed by atoms with Crippen molar-refractivity contribution in [2.75, 3.05) is 25.4 Å². The SMILES string of the molecule is CC(C)C1COC(=O)N1C1CCN(C(=O)CSc2ccccn2)CC1. The maximum absolute atomic E-state index is 12.4. The van der Waals surface area contributed by atoms with E-state index in [4.69, 9.17) is 4.74 Å². The van der Waals surface area contributed by atoms with E-state index in [2.05, 4.69) is 18.8 Å². The zero-order valence-corrected chi connectivity index (χ0v) is 15.6. The Morgan fingerprint density at radius 3 is 2.76 bits per heavy atom. The summed E-state index contributed by atoms with van der Waals surface area (Å²) < 4.78 is 5.25. The number of piperidine rings is 1. The lowest BCUT2D eigenvalue weighted by atomic mass is 9.98. The van der Waals surface area contributed by atoms with Crippen molar-refractivity contribution in [3.05, 3.63) is 24.4 Å². The molecule has 2 saturated heterocycles. The van der Waals surface area contributed by atoms with Crippen molar-refractivity contribution in [2.45, 2.75) is 43.8 Å². The van der Waals surface area contributed by atoms with Gasteiger partial charge in [0, 0.05) is 25.3 Å². The number of cyclic esters (lactones) is 1. The minimum atomic E-state index is -0.200. The lowest BCUT2D eigenvalue weighted by molar-refractivity contribution is -0.129. The Morgan fingerprint density at radius 2 is 2.12 bits per heavy atom. The van der Waals surface area contributed by atoms with Gasteiger partial charge in [0.15, 0.2) is 0 Å². The summed E-state index contributed by atoms with van der Waals surface area (Å²) in [5.74, 6) is 0.918. The number of hydrogen-bond donors (Lipinski definition) is 0. The summed E-state index contributed by atoms with van der Waals surface area (Å²) in [5.41, 5.74) is 0. The Morgan fingerprint density at radius 1 is 1.36 bits per heavy atom. The quantitative estimate of drug-likeness (QED) is 0.753. The molecule has 0 aromatic carbocycles. The zero-order chi connectivity index (χ0) is 17.8. The summed E-state index contributed by atoms with van der Waals surface area (Å²) in [6.07, 6.45) is 3.17. The van der Waals surface area contributed by atoms with Gasteiger partial charge in [0.1, 0.15) is 6.61 Å². The molecule has 2 amide bonds. The fourth-order valence-electron chi connectivity index (χ4n) is 3.43. The highest BCUT2D eigenvalue weighted by Gasteiger charge is 2.40. The van der Waals surface area contributed by atoms with Gasteiger partial charge in [0.2, 0.25) is 5.91 Å². The van der Waals surface area contributed by atoms with E-state index in [1.54, 1.807) is 6.20 Å². The predicted octanol–water partition coefficient (Wildman–Crippen LogP) is 2.64. The largest absolute Gasteiger partial charge is 0.447 e. The number of likely N-dealkylation sites (tertiary alicyclic amines) is 1. The van der Waals surface area contributed by atoms with Crippen LogP contribution in [0.25, 0.3) is 0 Å². The number of thioether (sulfide) groups is 1. The number of aromatic nitrogens is 1. The number of carbonyl (C=O) groups is 2. The van der Waals surface area contributed by atoms with Crippen LogP contribution in [-0.2, 0) is 9.53 Å². The van der Waals surface area contributed by atoms with Gasteiger partial charge in [-0.05, 0) is 30.9 Å². The summed E-state index contributed by atoms with van der Waals surface area (Å²) in [4.78, 5) is 32.5. The Balaban J connectivity index is 1.49. The normalized spacial score (nSPS) is 21.7. The summed E-state index contributed by atoms with van der Waals surface area (Å²) in [6, 6.07) is 6.03. The molecule has 0 aliphatic carbocycles. The summed E-state index contributed by atoms with van der Waals surface area (Å²) in [7, 11) is 0. The molecule has 3 rings (SSSR count). The Labute approximate surface area is 152 Å². The first-order chi connectivity index (χ1) is 12.1. The van der Waals surface area contributed by atoms with Gasteiger partial charge in [-0.2, -0.15) is 0 Å². The third-order valence-corrected chi connectivity index (χ3v) is 5.84. The van der Waals surface area contributed by atoms with Gasteiger partial charge in [0.05, 0.1) is 16.8 Å². The maximum atomic E-state index is 12.4. The topological polar surface area (TPSA) is 62.7 Å². The molecule has 1 atom stereocenters.